The number of nitrogens with one attached hydrogen (secondary N) is 2. The van der Waals surface area contributed by atoms with Crippen LogP contribution in [0, 0.1) is 0 Å². The van der Waals surface area contributed by atoms with Crippen molar-refractivity contribution in [2.24, 2.45) is 0 Å². The fourth-order valence-corrected chi connectivity index (χ4v) is 1.68. The van der Waals surface area contributed by atoms with Gasteiger partial charge >= 0.3 is 12.0 Å². The Morgan fingerprint density at radius 3 is 2.63 bits per heavy atom. The number of amides is 2. The van der Waals surface area contributed by atoms with Gasteiger partial charge in [-0.25, -0.2) is 9.59 Å². The van der Waals surface area contributed by atoms with Crippen LogP contribution in [-0.4, -0.2) is 23.7 Å². The Labute approximate surface area is 119 Å². The van der Waals surface area contributed by atoms with E-state index < -0.39 is 12.0 Å². The van der Waals surface area contributed by atoms with Gasteiger partial charge in [-0.2, -0.15) is 0 Å². The van der Waals surface area contributed by atoms with Crippen molar-refractivity contribution >= 4 is 33.6 Å². The van der Waals surface area contributed by atoms with Crippen LogP contribution in [0.15, 0.2) is 34.3 Å². The van der Waals surface area contributed by atoms with E-state index in [0.29, 0.717) is 11.0 Å². The van der Waals surface area contributed by atoms with Crippen molar-refractivity contribution in [2.75, 3.05) is 11.9 Å². The van der Waals surface area contributed by atoms with E-state index >= 15 is 0 Å². The summed E-state index contributed by atoms with van der Waals surface area (Å²) in [6, 6.07) is 4.20. The molecule has 0 bridgehead atoms. The molecule has 0 spiro atoms. The lowest BCUT2D eigenvalue weighted by atomic mass is 10.2. The van der Waals surface area contributed by atoms with E-state index in [2.05, 4.69) is 26.6 Å². The van der Waals surface area contributed by atoms with Crippen molar-refractivity contribution in [3.05, 3.63) is 39.9 Å². The Hall–Kier alpha value is -1.82. The van der Waals surface area contributed by atoms with Gasteiger partial charge in [0.25, 0.3) is 0 Å². The van der Waals surface area contributed by atoms with Gasteiger partial charge in [-0.3, -0.25) is 0 Å². The largest absolute Gasteiger partial charge is 0.478 e. The Bertz CT molecular complexity index is 523. The van der Waals surface area contributed by atoms with Crippen LogP contribution in [0.25, 0.3) is 0 Å². The first-order valence-corrected chi connectivity index (χ1v) is 6.40. The van der Waals surface area contributed by atoms with Crippen molar-refractivity contribution < 1.29 is 14.7 Å². The fraction of sp³-hybridized carbons (Fsp3) is 0.231. The first-order chi connectivity index (χ1) is 8.90. The lowest BCUT2D eigenvalue weighted by molar-refractivity contribution is 0.0698. The number of allylic oxidation sites excluding steroid dienone is 1. The van der Waals surface area contributed by atoms with Gasteiger partial charge in [-0.15, -0.1) is 0 Å². The molecule has 0 aliphatic heterocycles. The third kappa shape index (κ3) is 5.13. The second kappa shape index (κ2) is 6.94. The first kappa shape index (κ1) is 15.2. The molecule has 1 aromatic carbocycles. The number of carboxylic acid groups (broad SMARTS) is 1. The molecule has 2 amide bonds. The molecule has 0 unspecified atom stereocenters. The maximum Gasteiger partial charge on any atom is 0.337 e. The minimum absolute atomic E-state index is 0.0340. The lowest BCUT2D eigenvalue weighted by Gasteiger charge is -2.09. The average Bonchev–Trinajstić information content (AvgIpc) is 2.30. The molecule has 19 heavy (non-hydrogen) atoms. The van der Waals surface area contributed by atoms with Crippen molar-refractivity contribution in [3.8, 4) is 0 Å². The number of halogens is 1. The Morgan fingerprint density at radius 1 is 1.37 bits per heavy atom. The maximum atomic E-state index is 11.6. The quantitative estimate of drug-likeness (QED) is 0.743. The van der Waals surface area contributed by atoms with E-state index in [-0.39, 0.29) is 11.3 Å². The number of rotatable bonds is 4. The summed E-state index contributed by atoms with van der Waals surface area (Å²) in [7, 11) is 0. The highest BCUT2D eigenvalue weighted by Gasteiger charge is 2.12. The Kier molecular flexibility index (Phi) is 5.57. The highest BCUT2D eigenvalue weighted by Crippen LogP contribution is 2.21. The molecule has 0 saturated heterocycles. The summed E-state index contributed by atoms with van der Waals surface area (Å²) < 4.78 is 0.639. The van der Waals surface area contributed by atoms with E-state index in [4.69, 9.17) is 5.11 Å². The van der Waals surface area contributed by atoms with Crippen molar-refractivity contribution in [3.63, 3.8) is 0 Å². The molecule has 5 nitrogen and oxygen atoms in total. The van der Waals surface area contributed by atoms with Crippen molar-refractivity contribution in [1.29, 1.82) is 0 Å². The molecule has 102 valence electrons. The normalized spacial score (nSPS) is 9.63. The van der Waals surface area contributed by atoms with Crippen LogP contribution in [0.2, 0.25) is 0 Å². The molecule has 0 heterocycles. The zero-order valence-electron chi connectivity index (χ0n) is 10.7. The van der Waals surface area contributed by atoms with Gasteiger partial charge in [0.1, 0.15) is 0 Å². The van der Waals surface area contributed by atoms with Crippen LogP contribution in [0.3, 0.4) is 0 Å². The SMILES string of the molecule is CC(C)=CCNC(=O)Nc1ccc(Br)cc1C(=O)O. The van der Waals surface area contributed by atoms with Gasteiger partial charge in [-0.05, 0) is 32.0 Å². The van der Waals surface area contributed by atoms with Crippen molar-refractivity contribution in [1.82, 2.24) is 5.32 Å². The summed E-state index contributed by atoms with van der Waals surface area (Å²) in [5, 5.41) is 14.2. The lowest BCUT2D eigenvalue weighted by Crippen LogP contribution is -2.29. The summed E-state index contributed by atoms with van der Waals surface area (Å²) in [6.45, 7) is 4.25. The number of carbonyl (C=O) groups is 2. The molecule has 0 aliphatic rings. The molecule has 0 atom stereocenters. The number of aromatic carboxylic acids is 1. The number of hydrogen-bond acceptors (Lipinski definition) is 2. The Morgan fingerprint density at radius 2 is 2.05 bits per heavy atom. The zero-order chi connectivity index (χ0) is 14.4. The highest BCUT2D eigenvalue weighted by molar-refractivity contribution is 9.10. The van der Waals surface area contributed by atoms with E-state index in [9.17, 15) is 9.59 Å². The number of hydrogen-bond donors (Lipinski definition) is 3. The second-order valence-electron chi connectivity index (χ2n) is 4.11. The van der Waals surface area contributed by atoms with Crippen LogP contribution < -0.4 is 10.6 Å². The zero-order valence-corrected chi connectivity index (χ0v) is 12.2. The minimum atomic E-state index is -1.10. The van der Waals surface area contributed by atoms with Crippen LogP contribution >= 0.6 is 15.9 Å². The molecular formula is C13H15BrN2O3. The van der Waals surface area contributed by atoms with Gasteiger partial charge < -0.3 is 15.7 Å². The molecule has 3 N–H and O–H groups in total. The summed E-state index contributed by atoms with van der Waals surface area (Å²) in [5.41, 5.74) is 1.38. The summed E-state index contributed by atoms with van der Waals surface area (Å²) in [4.78, 5) is 22.7. The second-order valence-corrected chi connectivity index (χ2v) is 5.03. The third-order valence-electron chi connectivity index (χ3n) is 2.23. The van der Waals surface area contributed by atoms with E-state index in [1.165, 1.54) is 12.1 Å². The highest BCUT2D eigenvalue weighted by atomic mass is 79.9. The maximum absolute atomic E-state index is 11.6. The average molecular weight is 327 g/mol. The number of carboxylic acids is 1. The molecule has 0 aliphatic carbocycles. The third-order valence-corrected chi connectivity index (χ3v) is 2.73. The van der Waals surface area contributed by atoms with Crippen LogP contribution in [-0.2, 0) is 0 Å². The first-order valence-electron chi connectivity index (χ1n) is 5.61. The topological polar surface area (TPSA) is 78.4 Å². The van der Waals surface area contributed by atoms with Gasteiger partial charge in [0, 0.05) is 11.0 Å². The monoisotopic (exact) mass is 326 g/mol. The predicted molar refractivity (Wildman–Crippen MR) is 77.6 cm³/mol. The number of benzene rings is 1. The van der Waals surface area contributed by atoms with Crippen molar-refractivity contribution in [2.45, 2.75) is 13.8 Å². The molecule has 1 aromatic rings. The molecule has 0 radical (unpaired) electrons. The molecular weight excluding hydrogens is 312 g/mol. The van der Waals surface area contributed by atoms with E-state index in [0.717, 1.165) is 5.57 Å². The van der Waals surface area contributed by atoms with Crippen LogP contribution in [0.4, 0.5) is 10.5 Å². The smallest absolute Gasteiger partial charge is 0.337 e. The standard InChI is InChI=1S/C13H15BrN2O3/c1-8(2)5-6-15-13(19)16-11-4-3-9(14)7-10(11)12(17)18/h3-5,7H,6H2,1-2H3,(H,17,18)(H2,15,16,19). The predicted octanol–water partition coefficient (Wildman–Crippen LogP) is 3.24. The molecule has 1 rings (SSSR count). The molecule has 6 heteroatoms. The Balaban J connectivity index is 2.74. The molecule has 0 fully saturated rings. The van der Waals surface area contributed by atoms with E-state index in [1.807, 2.05) is 19.9 Å². The minimum Gasteiger partial charge on any atom is -0.478 e. The van der Waals surface area contributed by atoms with Crippen LogP contribution in [0.5, 0.6) is 0 Å². The number of anilines is 1. The van der Waals surface area contributed by atoms with E-state index in [1.54, 1.807) is 6.07 Å². The molecule has 0 aromatic heterocycles. The number of urea groups is 1. The molecule has 0 saturated carbocycles. The summed E-state index contributed by atoms with van der Waals surface area (Å²) >= 11 is 3.19. The van der Waals surface area contributed by atoms with Gasteiger partial charge in [0.15, 0.2) is 0 Å². The van der Waals surface area contributed by atoms with Crippen LogP contribution in [0.1, 0.15) is 24.2 Å². The summed E-state index contributed by atoms with van der Waals surface area (Å²) in [5.74, 6) is -1.10. The van der Waals surface area contributed by atoms with Gasteiger partial charge in [0.05, 0.1) is 11.3 Å². The summed E-state index contributed by atoms with van der Waals surface area (Å²) in [6.07, 6.45) is 1.86. The van der Waals surface area contributed by atoms with Gasteiger partial charge in [-0.1, -0.05) is 27.6 Å². The number of carbonyl (C=O) groups excluding carboxylic acids is 1. The van der Waals surface area contributed by atoms with Gasteiger partial charge in [0.2, 0.25) is 0 Å². The fourth-order valence-electron chi connectivity index (χ4n) is 1.32.